The Morgan fingerprint density at radius 2 is 1.83 bits per heavy atom. The number of Topliss-reactive ketones (excluding diaryl/α,β-unsaturated/α-hetero) is 1. The highest BCUT2D eigenvalue weighted by Crippen LogP contribution is 2.32. The smallest absolute Gasteiger partial charge is 0.295 e. The minimum Gasteiger partial charge on any atom is -0.328 e. The fourth-order valence-corrected chi connectivity index (χ4v) is 3.86. The zero-order chi connectivity index (χ0) is 21.4. The Labute approximate surface area is 179 Å². The summed E-state index contributed by atoms with van der Waals surface area (Å²) in [5.74, 6) is -1.78. The van der Waals surface area contributed by atoms with Crippen molar-refractivity contribution in [2.24, 2.45) is 0 Å². The molecule has 1 saturated carbocycles. The molecule has 0 N–H and O–H groups in total. The lowest BCUT2D eigenvalue weighted by atomic mass is 10.1. The van der Waals surface area contributed by atoms with Crippen molar-refractivity contribution in [2.45, 2.75) is 39.3 Å². The van der Waals surface area contributed by atoms with E-state index >= 15 is 0 Å². The van der Waals surface area contributed by atoms with Gasteiger partial charge in [0.25, 0.3) is 11.7 Å². The summed E-state index contributed by atoms with van der Waals surface area (Å²) >= 11 is 6.15. The number of amides is 1. The molecule has 1 aromatic heterocycles. The Morgan fingerprint density at radius 1 is 1.13 bits per heavy atom. The largest absolute Gasteiger partial charge is 0.328 e. The number of carbonyl (C=O) groups is 2. The quantitative estimate of drug-likeness (QED) is 0.426. The second-order valence-electron chi connectivity index (χ2n) is 7.49. The van der Waals surface area contributed by atoms with E-state index in [1.165, 1.54) is 17.0 Å². The molecule has 30 heavy (non-hydrogen) atoms. The van der Waals surface area contributed by atoms with Crippen molar-refractivity contribution in [1.82, 2.24) is 14.7 Å². The summed E-state index contributed by atoms with van der Waals surface area (Å²) in [7, 11) is 0. The number of carbonyl (C=O) groups excluding carboxylic acids is 2. The van der Waals surface area contributed by atoms with Gasteiger partial charge in [0.1, 0.15) is 5.82 Å². The number of nitrogens with zero attached hydrogens (tertiary/aromatic N) is 3. The van der Waals surface area contributed by atoms with Crippen LogP contribution in [0.4, 0.5) is 4.39 Å². The standard InChI is InChI=1S/C23H21ClFN3O2/c1-14-21(15(2)28(26-14)17-7-4-3-5-8-17)22(29)23(30)27(16-11-12-16)13-18-19(24)9-6-10-20(18)25/h3-10,16H,11-13H2,1-2H3. The highest BCUT2D eigenvalue weighted by molar-refractivity contribution is 6.43. The molecule has 0 bridgehead atoms. The summed E-state index contributed by atoms with van der Waals surface area (Å²) in [5.41, 5.74) is 2.39. The van der Waals surface area contributed by atoms with E-state index in [2.05, 4.69) is 5.10 Å². The SMILES string of the molecule is Cc1nn(-c2ccccc2)c(C)c1C(=O)C(=O)N(Cc1c(F)cccc1Cl)C1CC1. The summed E-state index contributed by atoms with van der Waals surface area (Å²) in [6.07, 6.45) is 1.57. The van der Waals surface area contributed by atoms with Crippen LogP contribution in [0.3, 0.4) is 0 Å². The first-order valence-electron chi connectivity index (χ1n) is 9.78. The topological polar surface area (TPSA) is 55.2 Å². The molecule has 1 amide bonds. The maximum absolute atomic E-state index is 14.3. The predicted octanol–water partition coefficient (Wildman–Crippen LogP) is 4.66. The van der Waals surface area contributed by atoms with E-state index in [-0.39, 0.29) is 28.7 Å². The molecule has 154 valence electrons. The highest BCUT2D eigenvalue weighted by atomic mass is 35.5. The van der Waals surface area contributed by atoms with Gasteiger partial charge in [0.05, 0.1) is 29.2 Å². The molecule has 0 saturated heterocycles. The Morgan fingerprint density at radius 3 is 2.47 bits per heavy atom. The van der Waals surface area contributed by atoms with Gasteiger partial charge in [-0.3, -0.25) is 9.59 Å². The number of hydrogen-bond donors (Lipinski definition) is 0. The van der Waals surface area contributed by atoms with E-state index in [9.17, 15) is 14.0 Å². The molecule has 1 aliphatic carbocycles. The van der Waals surface area contributed by atoms with E-state index in [0.717, 1.165) is 18.5 Å². The van der Waals surface area contributed by atoms with E-state index in [1.807, 2.05) is 30.3 Å². The monoisotopic (exact) mass is 425 g/mol. The van der Waals surface area contributed by atoms with Crippen molar-refractivity contribution in [3.05, 3.63) is 81.9 Å². The Hall–Kier alpha value is -2.99. The molecule has 1 heterocycles. The molecule has 3 aromatic rings. The van der Waals surface area contributed by atoms with Gasteiger partial charge in [0.2, 0.25) is 0 Å². The highest BCUT2D eigenvalue weighted by Gasteiger charge is 2.38. The number of rotatable bonds is 6. The van der Waals surface area contributed by atoms with E-state index in [0.29, 0.717) is 11.4 Å². The second kappa shape index (κ2) is 8.03. The van der Waals surface area contributed by atoms with Crippen LogP contribution >= 0.6 is 11.6 Å². The van der Waals surface area contributed by atoms with Crippen LogP contribution in [0.2, 0.25) is 5.02 Å². The van der Waals surface area contributed by atoms with Crippen LogP contribution in [0.1, 0.15) is 40.2 Å². The Bertz CT molecular complexity index is 1100. The fourth-order valence-electron chi connectivity index (χ4n) is 3.64. The number of benzene rings is 2. The minimum absolute atomic E-state index is 0.0360. The summed E-state index contributed by atoms with van der Waals surface area (Å²) in [5, 5.41) is 4.70. The van der Waals surface area contributed by atoms with E-state index in [1.54, 1.807) is 24.6 Å². The molecular weight excluding hydrogens is 405 g/mol. The number of para-hydroxylation sites is 1. The lowest BCUT2D eigenvalue weighted by molar-refractivity contribution is -0.127. The van der Waals surface area contributed by atoms with Crippen LogP contribution in [0.5, 0.6) is 0 Å². The van der Waals surface area contributed by atoms with Crippen molar-refractivity contribution in [1.29, 1.82) is 0 Å². The van der Waals surface area contributed by atoms with Crippen LogP contribution in [0.25, 0.3) is 5.69 Å². The van der Waals surface area contributed by atoms with Crippen molar-refractivity contribution in [3.63, 3.8) is 0 Å². The van der Waals surface area contributed by atoms with Gasteiger partial charge in [0.15, 0.2) is 0 Å². The second-order valence-corrected chi connectivity index (χ2v) is 7.89. The van der Waals surface area contributed by atoms with Gasteiger partial charge in [-0.25, -0.2) is 9.07 Å². The molecule has 7 heteroatoms. The fraction of sp³-hybridized carbons (Fsp3) is 0.261. The molecule has 0 unspecified atom stereocenters. The Kier molecular flexibility index (Phi) is 5.43. The zero-order valence-corrected chi connectivity index (χ0v) is 17.5. The van der Waals surface area contributed by atoms with Crippen molar-refractivity contribution in [2.75, 3.05) is 0 Å². The van der Waals surface area contributed by atoms with Crippen LogP contribution < -0.4 is 0 Å². The molecule has 1 fully saturated rings. The molecule has 0 aliphatic heterocycles. The number of ketones is 1. The average Bonchev–Trinajstić information content (AvgIpc) is 3.52. The van der Waals surface area contributed by atoms with Crippen molar-refractivity contribution in [3.8, 4) is 5.69 Å². The third-order valence-corrected chi connectivity index (χ3v) is 5.71. The summed E-state index contributed by atoms with van der Waals surface area (Å²) < 4.78 is 15.9. The summed E-state index contributed by atoms with van der Waals surface area (Å²) in [6, 6.07) is 13.7. The first kappa shape index (κ1) is 20.3. The molecule has 2 aromatic carbocycles. The van der Waals surface area contributed by atoms with Crippen molar-refractivity contribution >= 4 is 23.3 Å². The Balaban J connectivity index is 1.65. The molecule has 0 atom stereocenters. The predicted molar refractivity (Wildman–Crippen MR) is 112 cm³/mol. The first-order valence-corrected chi connectivity index (χ1v) is 10.2. The van der Waals surface area contributed by atoms with Gasteiger partial charge in [-0.15, -0.1) is 0 Å². The molecule has 0 radical (unpaired) electrons. The third kappa shape index (κ3) is 3.75. The molecule has 4 rings (SSSR count). The van der Waals surface area contributed by atoms with Gasteiger partial charge in [-0.1, -0.05) is 35.9 Å². The number of aromatic nitrogens is 2. The lowest BCUT2D eigenvalue weighted by Crippen LogP contribution is -2.38. The van der Waals surface area contributed by atoms with E-state index in [4.69, 9.17) is 11.6 Å². The summed E-state index contributed by atoms with van der Waals surface area (Å²) in [4.78, 5) is 27.8. The first-order chi connectivity index (χ1) is 14.4. The van der Waals surface area contributed by atoms with Crippen molar-refractivity contribution < 1.29 is 14.0 Å². The normalized spacial score (nSPS) is 13.3. The number of halogens is 2. The molecule has 5 nitrogen and oxygen atoms in total. The van der Waals surface area contributed by atoms with Gasteiger partial charge >= 0.3 is 0 Å². The third-order valence-electron chi connectivity index (χ3n) is 5.35. The van der Waals surface area contributed by atoms with Crippen LogP contribution in [0, 0.1) is 19.7 Å². The number of aryl methyl sites for hydroxylation is 1. The molecular formula is C23H21ClFN3O2. The van der Waals surface area contributed by atoms with Crippen LogP contribution in [-0.2, 0) is 11.3 Å². The maximum atomic E-state index is 14.3. The van der Waals surface area contributed by atoms with Gasteiger partial charge in [0, 0.05) is 16.6 Å². The maximum Gasteiger partial charge on any atom is 0.295 e. The van der Waals surface area contributed by atoms with Gasteiger partial charge < -0.3 is 4.90 Å². The lowest BCUT2D eigenvalue weighted by Gasteiger charge is -2.22. The van der Waals surface area contributed by atoms with Gasteiger partial charge in [-0.2, -0.15) is 5.10 Å². The van der Waals surface area contributed by atoms with E-state index < -0.39 is 17.5 Å². The van der Waals surface area contributed by atoms with Crippen LogP contribution in [0.15, 0.2) is 48.5 Å². The molecule has 1 aliphatic rings. The summed E-state index contributed by atoms with van der Waals surface area (Å²) in [6.45, 7) is 3.44. The van der Waals surface area contributed by atoms with Crippen LogP contribution in [-0.4, -0.2) is 32.4 Å². The molecule has 0 spiro atoms. The number of hydrogen-bond acceptors (Lipinski definition) is 3. The minimum atomic E-state index is -0.657. The average molecular weight is 426 g/mol. The zero-order valence-electron chi connectivity index (χ0n) is 16.7. The van der Waals surface area contributed by atoms with Gasteiger partial charge in [-0.05, 0) is 51.0 Å².